The summed E-state index contributed by atoms with van der Waals surface area (Å²) in [5.41, 5.74) is 5.56. The van der Waals surface area contributed by atoms with Crippen LogP contribution in [0.5, 0.6) is 0 Å². The minimum atomic E-state index is -0.674. The molecule has 0 fully saturated rings. The van der Waals surface area contributed by atoms with Gasteiger partial charge in [0.25, 0.3) is 5.91 Å². The number of nitrogens with one attached hydrogen (secondary N) is 2. The second-order valence-electron chi connectivity index (χ2n) is 3.38. The summed E-state index contributed by atoms with van der Waals surface area (Å²) in [6, 6.07) is 3.69. The van der Waals surface area contributed by atoms with Crippen molar-refractivity contribution in [3.05, 3.63) is 29.6 Å². The van der Waals surface area contributed by atoms with Crippen molar-refractivity contribution < 1.29 is 14.0 Å². The average molecular weight is 239 g/mol. The predicted octanol–water partition coefficient (Wildman–Crippen LogP) is 0.274. The van der Waals surface area contributed by atoms with Crippen molar-refractivity contribution in [3.63, 3.8) is 0 Å². The Hall–Kier alpha value is -2.11. The molecule has 0 saturated heterocycles. The molecule has 0 atom stereocenters. The molecule has 0 spiro atoms. The van der Waals surface area contributed by atoms with Crippen molar-refractivity contribution in [2.45, 2.75) is 6.92 Å². The normalized spacial score (nSPS) is 9.76. The van der Waals surface area contributed by atoms with Gasteiger partial charge in [-0.05, 0) is 25.1 Å². The summed E-state index contributed by atoms with van der Waals surface area (Å²) in [5, 5.41) is 4.81. The van der Waals surface area contributed by atoms with Gasteiger partial charge >= 0.3 is 0 Å². The first-order chi connectivity index (χ1) is 8.04. The quantitative estimate of drug-likeness (QED) is 0.659. The molecular formula is C11H14FN3O2. The van der Waals surface area contributed by atoms with Crippen molar-refractivity contribution >= 4 is 17.5 Å². The molecule has 92 valence electrons. The summed E-state index contributed by atoms with van der Waals surface area (Å²) in [7, 11) is 0. The van der Waals surface area contributed by atoms with Crippen LogP contribution in [0.1, 0.15) is 17.3 Å². The molecule has 0 aromatic heterocycles. The molecule has 1 aromatic carbocycles. The monoisotopic (exact) mass is 239 g/mol. The minimum absolute atomic E-state index is 0.172. The van der Waals surface area contributed by atoms with E-state index >= 15 is 0 Å². The molecule has 1 rings (SSSR count). The molecule has 5 nitrogen and oxygen atoms in total. The lowest BCUT2D eigenvalue weighted by atomic mass is 10.2. The van der Waals surface area contributed by atoms with Crippen LogP contribution < -0.4 is 16.4 Å². The van der Waals surface area contributed by atoms with Crippen molar-refractivity contribution in [2.24, 2.45) is 0 Å². The molecule has 0 bridgehead atoms. The van der Waals surface area contributed by atoms with E-state index in [0.29, 0.717) is 6.54 Å². The van der Waals surface area contributed by atoms with Gasteiger partial charge in [-0.1, -0.05) is 0 Å². The Morgan fingerprint density at radius 2 is 2.06 bits per heavy atom. The molecule has 0 aliphatic carbocycles. The second-order valence-corrected chi connectivity index (χ2v) is 3.38. The smallest absolute Gasteiger partial charge is 0.254 e. The molecule has 0 aliphatic rings. The Balaban J connectivity index is 2.64. The van der Waals surface area contributed by atoms with Gasteiger partial charge in [-0.25, -0.2) is 4.39 Å². The minimum Gasteiger partial charge on any atom is -0.399 e. The van der Waals surface area contributed by atoms with Crippen LogP contribution in [0.3, 0.4) is 0 Å². The zero-order valence-corrected chi connectivity index (χ0v) is 9.42. The van der Waals surface area contributed by atoms with Gasteiger partial charge in [0.15, 0.2) is 0 Å². The fourth-order valence-electron chi connectivity index (χ4n) is 1.23. The summed E-state index contributed by atoms with van der Waals surface area (Å²) in [6.07, 6.45) is 0. The SMILES string of the molecule is CCNC(=O)CNC(=O)c1cc(N)ccc1F. The van der Waals surface area contributed by atoms with E-state index in [0.717, 1.165) is 6.07 Å². The topological polar surface area (TPSA) is 84.2 Å². The highest BCUT2D eigenvalue weighted by Crippen LogP contribution is 2.11. The number of nitrogen functional groups attached to an aromatic ring is 1. The lowest BCUT2D eigenvalue weighted by Gasteiger charge is -2.06. The number of amides is 2. The number of carbonyl (C=O) groups is 2. The second kappa shape index (κ2) is 5.83. The summed E-state index contributed by atoms with van der Waals surface area (Å²) >= 11 is 0. The lowest BCUT2D eigenvalue weighted by Crippen LogP contribution is -2.37. The van der Waals surface area contributed by atoms with E-state index in [1.807, 2.05) is 0 Å². The van der Waals surface area contributed by atoms with Crippen molar-refractivity contribution in [1.29, 1.82) is 0 Å². The van der Waals surface area contributed by atoms with Crippen LogP contribution >= 0.6 is 0 Å². The van der Waals surface area contributed by atoms with E-state index in [1.54, 1.807) is 6.92 Å². The Bertz CT molecular complexity index is 435. The fourth-order valence-corrected chi connectivity index (χ4v) is 1.23. The van der Waals surface area contributed by atoms with Gasteiger partial charge < -0.3 is 16.4 Å². The van der Waals surface area contributed by atoms with Gasteiger partial charge in [0, 0.05) is 12.2 Å². The molecule has 0 heterocycles. The van der Waals surface area contributed by atoms with Crippen LogP contribution in [-0.2, 0) is 4.79 Å². The summed E-state index contributed by atoms with van der Waals surface area (Å²) in [4.78, 5) is 22.6. The number of likely N-dealkylation sites (N-methyl/N-ethyl adjacent to an activating group) is 1. The van der Waals surface area contributed by atoms with Gasteiger partial charge in [-0.2, -0.15) is 0 Å². The number of hydrogen-bond donors (Lipinski definition) is 3. The average Bonchev–Trinajstić information content (AvgIpc) is 2.29. The zero-order valence-electron chi connectivity index (χ0n) is 9.42. The number of nitrogens with two attached hydrogens (primary N) is 1. The zero-order chi connectivity index (χ0) is 12.8. The summed E-state index contributed by atoms with van der Waals surface area (Å²) in [5.74, 6) is -1.67. The maximum atomic E-state index is 13.3. The van der Waals surface area contributed by atoms with E-state index < -0.39 is 11.7 Å². The summed E-state index contributed by atoms with van der Waals surface area (Å²) in [6.45, 7) is 2.04. The molecular weight excluding hydrogens is 225 g/mol. The highest BCUT2D eigenvalue weighted by molar-refractivity contribution is 5.97. The van der Waals surface area contributed by atoms with Crippen molar-refractivity contribution in [3.8, 4) is 0 Å². The van der Waals surface area contributed by atoms with E-state index in [1.165, 1.54) is 12.1 Å². The first-order valence-electron chi connectivity index (χ1n) is 5.14. The third kappa shape index (κ3) is 3.75. The van der Waals surface area contributed by atoms with Crippen LogP contribution in [0.15, 0.2) is 18.2 Å². The number of hydrogen-bond acceptors (Lipinski definition) is 3. The molecule has 17 heavy (non-hydrogen) atoms. The maximum Gasteiger partial charge on any atom is 0.254 e. The highest BCUT2D eigenvalue weighted by Gasteiger charge is 2.12. The first-order valence-corrected chi connectivity index (χ1v) is 5.14. The molecule has 0 saturated carbocycles. The first kappa shape index (κ1) is 13.0. The van der Waals surface area contributed by atoms with Crippen LogP contribution in [0, 0.1) is 5.82 Å². The Kier molecular flexibility index (Phi) is 4.45. The molecule has 0 unspecified atom stereocenters. The number of halogens is 1. The molecule has 6 heteroatoms. The molecule has 2 amide bonds. The molecule has 0 radical (unpaired) electrons. The standard InChI is InChI=1S/C11H14FN3O2/c1-2-14-10(16)6-15-11(17)8-5-7(13)3-4-9(8)12/h3-5H,2,6,13H2,1H3,(H,14,16)(H,15,17). The number of benzene rings is 1. The highest BCUT2D eigenvalue weighted by atomic mass is 19.1. The van der Waals surface area contributed by atoms with Gasteiger partial charge in [-0.3, -0.25) is 9.59 Å². The fraction of sp³-hybridized carbons (Fsp3) is 0.273. The van der Waals surface area contributed by atoms with Crippen LogP contribution in [-0.4, -0.2) is 24.9 Å². The van der Waals surface area contributed by atoms with E-state index in [4.69, 9.17) is 5.73 Å². The van der Waals surface area contributed by atoms with Gasteiger partial charge in [0.1, 0.15) is 5.82 Å². The lowest BCUT2D eigenvalue weighted by molar-refractivity contribution is -0.120. The third-order valence-corrected chi connectivity index (χ3v) is 2.02. The van der Waals surface area contributed by atoms with Crippen molar-refractivity contribution in [1.82, 2.24) is 10.6 Å². The Labute approximate surface area is 98.2 Å². The molecule has 1 aromatic rings. The Morgan fingerprint density at radius 3 is 2.71 bits per heavy atom. The van der Waals surface area contributed by atoms with E-state index in [-0.39, 0.29) is 23.7 Å². The van der Waals surface area contributed by atoms with Gasteiger partial charge in [0.2, 0.25) is 5.91 Å². The van der Waals surface area contributed by atoms with Crippen LogP contribution in [0.2, 0.25) is 0 Å². The predicted molar refractivity (Wildman–Crippen MR) is 61.8 cm³/mol. The van der Waals surface area contributed by atoms with Crippen LogP contribution in [0.25, 0.3) is 0 Å². The number of anilines is 1. The molecule has 0 aliphatic heterocycles. The number of rotatable bonds is 4. The largest absolute Gasteiger partial charge is 0.399 e. The van der Waals surface area contributed by atoms with E-state index in [9.17, 15) is 14.0 Å². The van der Waals surface area contributed by atoms with E-state index in [2.05, 4.69) is 10.6 Å². The van der Waals surface area contributed by atoms with Crippen LogP contribution in [0.4, 0.5) is 10.1 Å². The van der Waals surface area contributed by atoms with Crippen molar-refractivity contribution in [2.75, 3.05) is 18.8 Å². The maximum absolute atomic E-state index is 13.3. The Morgan fingerprint density at radius 1 is 1.35 bits per heavy atom. The molecule has 4 N–H and O–H groups in total. The van der Waals surface area contributed by atoms with Gasteiger partial charge in [-0.15, -0.1) is 0 Å². The summed E-state index contributed by atoms with van der Waals surface area (Å²) < 4.78 is 13.3. The van der Waals surface area contributed by atoms with Gasteiger partial charge in [0.05, 0.1) is 12.1 Å². The number of carbonyl (C=O) groups excluding carboxylic acids is 2. The third-order valence-electron chi connectivity index (χ3n) is 2.02.